The summed E-state index contributed by atoms with van der Waals surface area (Å²) in [5, 5.41) is 9.33. The summed E-state index contributed by atoms with van der Waals surface area (Å²) in [5.41, 5.74) is 0.144. The number of carboxylic acid groups (broad SMARTS) is 1. The van der Waals surface area contributed by atoms with Gasteiger partial charge >= 0.3 is 5.97 Å². The van der Waals surface area contributed by atoms with E-state index >= 15 is 4.39 Å². The largest absolute Gasteiger partial charge is 0.477 e. The molecule has 10 nitrogen and oxygen atoms in total. The van der Waals surface area contributed by atoms with Crippen LogP contribution in [0.3, 0.4) is 0 Å². The number of carbonyl (C=O) groups is 4. The molecule has 2 aliphatic rings. The van der Waals surface area contributed by atoms with Crippen LogP contribution in [0.1, 0.15) is 22.8 Å². The van der Waals surface area contributed by atoms with Gasteiger partial charge in [0.25, 0.3) is 11.1 Å². The molecule has 1 N–H and O–H groups in total. The van der Waals surface area contributed by atoms with Crippen LogP contribution in [0.25, 0.3) is 17.0 Å². The Labute approximate surface area is 242 Å². The molecule has 212 valence electrons. The van der Waals surface area contributed by atoms with Gasteiger partial charge in [-0.2, -0.15) is 0 Å². The number of carboxylic acids is 1. The van der Waals surface area contributed by atoms with Crippen molar-refractivity contribution in [2.24, 2.45) is 0 Å². The number of amides is 3. The van der Waals surface area contributed by atoms with Crippen molar-refractivity contribution in [2.45, 2.75) is 13.5 Å². The number of benzene rings is 2. The van der Waals surface area contributed by atoms with E-state index in [9.17, 15) is 29.1 Å². The third kappa shape index (κ3) is 5.57. The molecule has 0 atom stereocenters. The zero-order valence-corrected chi connectivity index (χ0v) is 23.4. The maximum atomic E-state index is 15.2. The molecule has 3 aromatic rings. The highest BCUT2D eigenvalue weighted by Gasteiger charge is 2.37. The number of aromatic carboxylic acids is 1. The molecule has 2 aromatic carbocycles. The lowest BCUT2D eigenvalue weighted by Crippen LogP contribution is -2.52. The first-order valence-electron chi connectivity index (χ1n) is 12.7. The topological polar surface area (TPSA) is 120 Å². The molecule has 3 heterocycles. The second kappa shape index (κ2) is 11.4. The molecule has 0 radical (unpaired) electrons. The Hall–Kier alpha value is -4.16. The Morgan fingerprint density at radius 1 is 1.07 bits per heavy atom. The van der Waals surface area contributed by atoms with Gasteiger partial charge in [0.1, 0.15) is 17.9 Å². The van der Waals surface area contributed by atoms with E-state index in [-0.39, 0.29) is 42.2 Å². The van der Waals surface area contributed by atoms with Crippen LogP contribution in [0.5, 0.6) is 0 Å². The van der Waals surface area contributed by atoms with E-state index in [0.717, 1.165) is 22.7 Å². The summed E-state index contributed by atoms with van der Waals surface area (Å²) in [7, 11) is 0. The van der Waals surface area contributed by atoms with Crippen molar-refractivity contribution in [3.63, 3.8) is 0 Å². The minimum atomic E-state index is -1.38. The number of rotatable bonds is 6. The highest BCUT2D eigenvalue weighted by atomic mass is 35.5. The molecule has 0 spiro atoms. The number of anilines is 1. The fourth-order valence-corrected chi connectivity index (χ4v) is 5.80. The van der Waals surface area contributed by atoms with Gasteiger partial charge in [-0.3, -0.25) is 24.1 Å². The maximum Gasteiger partial charge on any atom is 0.341 e. The number of aromatic nitrogens is 1. The van der Waals surface area contributed by atoms with Gasteiger partial charge in [-0.15, -0.1) is 0 Å². The highest BCUT2D eigenvalue weighted by molar-refractivity contribution is 8.18. The number of aryl methyl sites for hydroxylation is 1. The number of carbonyl (C=O) groups excluding carboxylic acids is 3. The number of piperazine rings is 1. The molecule has 0 unspecified atom stereocenters. The molecule has 5 rings (SSSR count). The molecular formula is C28H24ClFN4O6S. The number of nitrogens with zero attached hydrogens (tertiary/aromatic N) is 4. The lowest BCUT2D eigenvalue weighted by atomic mass is 10.1. The molecule has 2 fully saturated rings. The smallest absolute Gasteiger partial charge is 0.341 e. The van der Waals surface area contributed by atoms with Gasteiger partial charge in [-0.05, 0) is 54.6 Å². The van der Waals surface area contributed by atoms with Crippen LogP contribution in [-0.2, 0) is 16.1 Å². The SMILES string of the molecule is CCn1cc(C(=O)O)c(=O)c2cc(F)c(N3CCN(C(=O)CN4C(=O)S/C(=C\c5ccc(Cl)cc5)C4=O)CC3)cc21. The van der Waals surface area contributed by atoms with Crippen molar-refractivity contribution in [3.8, 4) is 0 Å². The van der Waals surface area contributed by atoms with Gasteiger partial charge in [-0.25, -0.2) is 9.18 Å². The fourth-order valence-electron chi connectivity index (χ4n) is 4.83. The van der Waals surface area contributed by atoms with Crippen LogP contribution >= 0.6 is 23.4 Å². The quantitative estimate of drug-likeness (QED) is 0.424. The molecule has 3 amide bonds. The van der Waals surface area contributed by atoms with Crippen molar-refractivity contribution in [1.82, 2.24) is 14.4 Å². The van der Waals surface area contributed by atoms with E-state index in [1.165, 1.54) is 17.2 Å². The van der Waals surface area contributed by atoms with E-state index in [0.29, 0.717) is 22.6 Å². The number of fused-ring (bicyclic) bond motifs is 1. The summed E-state index contributed by atoms with van der Waals surface area (Å²) < 4.78 is 16.7. The number of pyridine rings is 1. The Balaban J connectivity index is 1.27. The van der Waals surface area contributed by atoms with E-state index in [1.807, 2.05) is 0 Å². The summed E-state index contributed by atoms with van der Waals surface area (Å²) in [6, 6.07) is 9.35. The maximum absolute atomic E-state index is 15.2. The Morgan fingerprint density at radius 2 is 1.76 bits per heavy atom. The predicted octanol–water partition coefficient (Wildman–Crippen LogP) is 3.90. The van der Waals surface area contributed by atoms with E-state index < -0.39 is 46.4 Å². The molecule has 13 heteroatoms. The first-order valence-corrected chi connectivity index (χ1v) is 13.9. The Bertz CT molecular complexity index is 1680. The van der Waals surface area contributed by atoms with E-state index in [1.54, 1.807) is 46.7 Å². The molecule has 2 aliphatic heterocycles. The molecule has 0 saturated carbocycles. The number of thioether (sulfide) groups is 1. The average molecular weight is 599 g/mol. The van der Waals surface area contributed by atoms with Crippen molar-refractivity contribution in [1.29, 1.82) is 0 Å². The fraction of sp³-hybridized carbons (Fsp3) is 0.250. The van der Waals surface area contributed by atoms with E-state index in [4.69, 9.17) is 11.6 Å². The second-order valence-corrected chi connectivity index (χ2v) is 10.9. The van der Waals surface area contributed by atoms with Gasteiger partial charge in [0.05, 0.1) is 16.1 Å². The number of imide groups is 1. The number of halogens is 2. The van der Waals surface area contributed by atoms with Gasteiger partial charge in [0.2, 0.25) is 11.3 Å². The minimum absolute atomic E-state index is 0.0240. The lowest BCUT2D eigenvalue weighted by Gasteiger charge is -2.36. The monoisotopic (exact) mass is 598 g/mol. The second-order valence-electron chi connectivity index (χ2n) is 9.47. The van der Waals surface area contributed by atoms with Crippen LogP contribution in [-0.4, -0.2) is 75.2 Å². The zero-order chi connectivity index (χ0) is 29.4. The van der Waals surface area contributed by atoms with Gasteiger partial charge in [-0.1, -0.05) is 23.7 Å². The van der Waals surface area contributed by atoms with Crippen LogP contribution in [0.2, 0.25) is 5.02 Å². The summed E-state index contributed by atoms with van der Waals surface area (Å²) >= 11 is 6.66. The third-order valence-electron chi connectivity index (χ3n) is 7.03. The average Bonchev–Trinajstić information content (AvgIpc) is 3.21. The van der Waals surface area contributed by atoms with Crippen LogP contribution in [0.15, 0.2) is 52.3 Å². The van der Waals surface area contributed by atoms with Crippen molar-refractivity contribution in [2.75, 3.05) is 37.6 Å². The molecule has 41 heavy (non-hydrogen) atoms. The van der Waals surface area contributed by atoms with E-state index in [2.05, 4.69) is 0 Å². The summed E-state index contributed by atoms with van der Waals surface area (Å²) in [6.45, 7) is 2.76. The molecule has 0 bridgehead atoms. The lowest BCUT2D eigenvalue weighted by molar-refractivity contribution is -0.136. The summed E-state index contributed by atoms with van der Waals surface area (Å²) in [6.07, 6.45) is 2.82. The molecular weight excluding hydrogens is 575 g/mol. The molecule has 0 aliphatic carbocycles. The Kier molecular flexibility index (Phi) is 7.87. The summed E-state index contributed by atoms with van der Waals surface area (Å²) in [4.78, 5) is 66.8. The zero-order valence-electron chi connectivity index (χ0n) is 21.8. The Morgan fingerprint density at radius 3 is 2.39 bits per heavy atom. The first-order chi connectivity index (χ1) is 19.6. The van der Waals surface area contributed by atoms with Gasteiger partial charge in [0, 0.05) is 49.3 Å². The first kappa shape index (κ1) is 28.4. The number of hydrogen-bond acceptors (Lipinski definition) is 7. The predicted molar refractivity (Wildman–Crippen MR) is 154 cm³/mol. The normalized spacial score (nSPS) is 16.8. The summed E-state index contributed by atoms with van der Waals surface area (Å²) in [5.74, 6) is -3.01. The van der Waals surface area contributed by atoms with Gasteiger partial charge in [0.15, 0.2) is 0 Å². The highest BCUT2D eigenvalue weighted by Crippen LogP contribution is 2.32. The van der Waals surface area contributed by atoms with Crippen molar-refractivity contribution >= 4 is 69.1 Å². The van der Waals surface area contributed by atoms with Crippen molar-refractivity contribution in [3.05, 3.63) is 79.7 Å². The van der Waals surface area contributed by atoms with Crippen LogP contribution in [0, 0.1) is 5.82 Å². The molecule has 2 saturated heterocycles. The number of hydrogen-bond donors (Lipinski definition) is 1. The van der Waals surface area contributed by atoms with Crippen LogP contribution < -0.4 is 10.3 Å². The standard InChI is InChI=1S/C28H24ClFN4O6S/c1-2-31-14-19(27(38)39)25(36)18-12-20(30)22(13-21(18)31)32-7-9-33(10-8-32)24(35)15-34-26(37)23(41-28(34)40)11-16-3-5-17(29)6-4-16/h3-6,11-14H,2,7-10,15H2,1H3,(H,38,39)/b23-11-. The molecule has 1 aromatic heterocycles. The van der Waals surface area contributed by atoms with Crippen LogP contribution in [0.4, 0.5) is 14.9 Å². The van der Waals surface area contributed by atoms with Gasteiger partial charge < -0.3 is 19.5 Å². The minimum Gasteiger partial charge on any atom is -0.477 e. The third-order valence-corrected chi connectivity index (χ3v) is 8.19. The van der Waals surface area contributed by atoms with Crippen molar-refractivity contribution < 1.29 is 28.7 Å².